The molecule has 0 bridgehead atoms. The van der Waals surface area contributed by atoms with Crippen molar-refractivity contribution >= 4 is 0 Å². The summed E-state index contributed by atoms with van der Waals surface area (Å²) < 4.78 is 11.0. The molecule has 0 saturated carbocycles. The molecule has 0 saturated heterocycles. The number of hydrogen-bond acceptors (Lipinski definition) is 3. The van der Waals surface area contributed by atoms with Crippen molar-refractivity contribution in [2.24, 2.45) is 0 Å². The number of ether oxygens (including phenoxy) is 2. The lowest BCUT2D eigenvalue weighted by Gasteiger charge is -2.10. The number of benzene rings is 3. The quantitative estimate of drug-likeness (QED) is 0.653. The molecule has 24 heavy (non-hydrogen) atoms. The van der Waals surface area contributed by atoms with Crippen molar-refractivity contribution in [2.45, 2.75) is 6.92 Å². The van der Waals surface area contributed by atoms with Gasteiger partial charge in [0.05, 0.1) is 7.11 Å². The van der Waals surface area contributed by atoms with Crippen molar-refractivity contribution in [3.05, 3.63) is 77.9 Å². The molecule has 0 aliphatic rings. The van der Waals surface area contributed by atoms with Gasteiger partial charge in [-0.05, 0) is 42.3 Å². The van der Waals surface area contributed by atoms with Gasteiger partial charge in [0.15, 0.2) is 0 Å². The average molecular weight is 315 g/mol. The Bertz CT molecular complexity index is 875. The third-order valence-electron chi connectivity index (χ3n) is 3.79. The van der Waals surface area contributed by atoms with E-state index in [9.17, 15) is 5.26 Å². The first-order valence-electron chi connectivity index (χ1n) is 7.63. The van der Waals surface area contributed by atoms with E-state index in [1.54, 1.807) is 18.2 Å². The zero-order valence-electron chi connectivity index (χ0n) is 13.6. The first kappa shape index (κ1) is 15.6. The lowest BCUT2D eigenvalue weighted by molar-refractivity contribution is 0.407. The van der Waals surface area contributed by atoms with Crippen LogP contribution in [-0.4, -0.2) is 7.11 Å². The molecule has 0 N–H and O–H groups in total. The summed E-state index contributed by atoms with van der Waals surface area (Å²) in [6, 6.07) is 23.6. The minimum Gasteiger partial charge on any atom is -0.495 e. The molecule has 118 valence electrons. The Morgan fingerprint density at radius 3 is 1.96 bits per heavy atom. The second-order valence-corrected chi connectivity index (χ2v) is 5.44. The molecule has 3 heteroatoms. The van der Waals surface area contributed by atoms with E-state index in [0.29, 0.717) is 22.8 Å². The average Bonchev–Trinajstić information content (AvgIpc) is 2.63. The van der Waals surface area contributed by atoms with Crippen molar-refractivity contribution in [1.29, 1.82) is 5.26 Å². The molecule has 0 fully saturated rings. The number of hydrogen-bond donors (Lipinski definition) is 0. The molecule has 0 aliphatic heterocycles. The van der Waals surface area contributed by atoms with Crippen LogP contribution in [0.2, 0.25) is 0 Å². The van der Waals surface area contributed by atoms with Crippen LogP contribution in [0.25, 0.3) is 11.1 Å². The smallest absolute Gasteiger partial charge is 0.148 e. The van der Waals surface area contributed by atoms with E-state index in [1.807, 2.05) is 24.3 Å². The zero-order valence-corrected chi connectivity index (χ0v) is 13.6. The molecule has 3 rings (SSSR count). The summed E-state index contributed by atoms with van der Waals surface area (Å²) in [4.78, 5) is 0. The van der Waals surface area contributed by atoms with Gasteiger partial charge in [0.2, 0.25) is 0 Å². The number of nitrogens with zero attached hydrogens (tertiary/aromatic N) is 1. The Labute approximate surface area is 141 Å². The first-order valence-corrected chi connectivity index (χ1v) is 7.63. The maximum atomic E-state index is 9.31. The maximum Gasteiger partial charge on any atom is 0.148 e. The van der Waals surface area contributed by atoms with E-state index >= 15 is 0 Å². The largest absolute Gasteiger partial charge is 0.495 e. The van der Waals surface area contributed by atoms with Gasteiger partial charge in [0, 0.05) is 0 Å². The summed E-state index contributed by atoms with van der Waals surface area (Å²) in [7, 11) is 1.54. The summed E-state index contributed by atoms with van der Waals surface area (Å²) in [5.74, 6) is 1.67. The molecule has 0 spiro atoms. The normalized spacial score (nSPS) is 10.0. The van der Waals surface area contributed by atoms with E-state index in [-0.39, 0.29) is 0 Å². The van der Waals surface area contributed by atoms with Crippen LogP contribution in [0, 0.1) is 18.3 Å². The van der Waals surface area contributed by atoms with Crippen molar-refractivity contribution in [1.82, 2.24) is 0 Å². The van der Waals surface area contributed by atoms with Crippen LogP contribution in [0.4, 0.5) is 0 Å². The van der Waals surface area contributed by atoms with Gasteiger partial charge in [-0.15, -0.1) is 0 Å². The van der Waals surface area contributed by atoms with E-state index in [0.717, 1.165) is 11.1 Å². The van der Waals surface area contributed by atoms with Gasteiger partial charge in [0.1, 0.15) is 28.9 Å². The molecule has 3 aromatic carbocycles. The van der Waals surface area contributed by atoms with Crippen molar-refractivity contribution in [3.63, 3.8) is 0 Å². The number of nitriles is 1. The predicted octanol–water partition coefficient (Wildman–Crippen LogP) is 5.33. The molecule has 0 unspecified atom stereocenters. The standard InChI is InChI=1S/C21H17NO2/c1-15-6-8-16(9-7-15)17-10-12-18(13-11-17)24-21-5-3-4-20(23-2)19(21)14-22/h3-13H,1-2H3. The van der Waals surface area contributed by atoms with Gasteiger partial charge in [0.25, 0.3) is 0 Å². The molecule has 3 aromatic rings. The minimum atomic E-state index is 0.391. The summed E-state index contributed by atoms with van der Waals surface area (Å²) in [5, 5.41) is 9.31. The fourth-order valence-corrected chi connectivity index (χ4v) is 2.46. The Morgan fingerprint density at radius 2 is 1.38 bits per heavy atom. The van der Waals surface area contributed by atoms with Crippen LogP contribution in [0.5, 0.6) is 17.2 Å². The van der Waals surface area contributed by atoms with Gasteiger partial charge < -0.3 is 9.47 Å². The van der Waals surface area contributed by atoms with Crippen molar-refractivity contribution < 1.29 is 9.47 Å². The highest BCUT2D eigenvalue weighted by molar-refractivity contribution is 5.64. The van der Waals surface area contributed by atoms with Gasteiger partial charge in [-0.1, -0.05) is 48.0 Å². The van der Waals surface area contributed by atoms with Crippen LogP contribution in [0.3, 0.4) is 0 Å². The Hall–Kier alpha value is -3.25. The summed E-state index contributed by atoms with van der Waals surface area (Å²) >= 11 is 0. The highest BCUT2D eigenvalue weighted by Crippen LogP contribution is 2.32. The maximum absolute atomic E-state index is 9.31. The molecular formula is C21H17NO2. The third kappa shape index (κ3) is 3.23. The van der Waals surface area contributed by atoms with Crippen LogP contribution in [0.1, 0.15) is 11.1 Å². The van der Waals surface area contributed by atoms with Gasteiger partial charge in [-0.2, -0.15) is 5.26 Å². The highest BCUT2D eigenvalue weighted by atomic mass is 16.5. The first-order chi connectivity index (χ1) is 11.7. The fourth-order valence-electron chi connectivity index (χ4n) is 2.46. The molecule has 0 amide bonds. The fraction of sp³-hybridized carbons (Fsp3) is 0.0952. The topological polar surface area (TPSA) is 42.2 Å². The molecule has 0 aliphatic carbocycles. The lowest BCUT2D eigenvalue weighted by atomic mass is 10.0. The van der Waals surface area contributed by atoms with Crippen molar-refractivity contribution in [2.75, 3.05) is 7.11 Å². The predicted molar refractivity (Wildman–Crippen MR) is 94.4 cm³/mol. The van der Waals surface area contributed by atoms with E-state index in [2.05, 4.69) is 37.3 Å². The van der Waals surface area contributed by atoms with Gasteiger partial charge in [-0.3, -0.25) is 0 Å². The van der Waals surface area contributed by atoms with Crippen LogP contribution in [0.15, 0.2) is 66.7 Å². The lowest BCUT2D eigenvalue weighted by Crippen LogP contribution is -1.92. The van der Waals surface area contributed by atoms with Gasteiger partial charge >= 0.3 is 0 Å². The number of rotatable bonds is 4. The molecule has 0 aromatic heterocycles. The Morgan fingerprint density at radius 1 is 0.792 bits per heavy atom. The SMILES string of the molecule is COc1cccc(Oc2ccc(-c3ccc(C)cc3)cc2)c1C#N. The summed E-state index contributed by atoms with van der Waals surface area (Å²) in [6.07, 6.45) is 0. The summed E-state index contributed by atoms with van der Waals surface area (Å²) in [6.45, 7) is 2.07. The number of methoxy groups -OCH3 is 1. The van der Waals surface area contributed by atoms with E-state index < -0.39 is 0 Å². The summed E-state index contributed by atoms with van der Waals surface area (Å²) in [5.41, 5.74) is 3.91. The van der Waals surface area contributed by atoms with Crippen LogP contribution in [-0.2, 0) is 0 Å². The zero-order chi connectivity index (χ0) is 16.9. The molecular weight excluding hydrogens is 298 g/mol. The van der Waals surface area contributed by atoms with Crippen LogP contribution < -0.4 is 9.47 Å². The molecule has 3 nitrogen and oxygen atoms in total. The third-order valence-corrected chi connectivity index (χ3v) is 3.79. The minimum absolute atomic E-state index is 0.391. The van der Waals surface area contributed by atoms with E-state index in [4.69, 9.17) is 9.47 Å². The monoisotopic (exact) mass is 315 g/mol. The Kier molecular flexibility index (Phi) is 4.49. The molecule has 0 radical (unpaired) electrons. The number of aryl methyl sites for hydroxylation is 1. The van der Waals surface area contributed by atoms with Crippen LogP contribution >= 0.6 is 0 Å². The Balaban J connectivity index is 1.85. The van der Waals surface area contributed by atoms with Gasteiger partial charge in [-0.25, -0.2) is 0 Å². The van der Waals surface area contributed by atoms with Crippen molar-refractivity contribution in [3.8, 4) is 34.4 Å². The molecule has 0 atom stereocenters. The second-order valence-electron chi connectivity index (χ2n) is 5.44. The molecule has 0 heterocycles. The second kappa shape index (κ2) is 6.89. The van der Waals surface area contributed by atoms with E-state index in [1.165, 1.54) is 12.7 Å². The highest BCUT2D eigenvalue weighted by Gasteiger charge is 2.10.